The highest BCUT2D eigenvalue weighted by Crippen LogP contribution is 2.57. The van der Waals surface area contributed by atoms with Gasteiger partial charge in [-0.25, -0.2) is 0 Å². The number of hydrogen-bond acceptors (Lipinski definition) is 0. The zero-order valence-corrected chi connectivity index (χ0v) is 23.7. The van der Waals surface area contributed by atoms with Crippen LogP contribution in [0.5, 0.6) is 0 Å². The lowest BCUT2D eigenvalue weighted by Crippen LogP contribution is -2.28. The largest absolute Gasteiger partial charge is 0.0837 e. The first kappa shape index (κ1) is 24.9. The lowest BCUT2D eigenvalue weighted by atomic mass is 9.67. The van der Waals surface area contributed by atoms with Gasteiger partial charge in [0.15, 0.2) is 0 Å². The van der Waals surface area contributed by atoms with Crippen LogP contribution in [0.3, 0.4) is 0 Å². The highest BCUT2D eigenvalue weighted by atomic mass is 35.5. The summed E-state index contributed by atoms with van der Waals surface area (Å²) in [6.45, 7) is 0. The summed E-state index contributed by atoms with van der Waals surface area (Å²) in [5.41, 5.74) is 12.1. The maximum Gasteiger partial charge on any atom is 0.0713 e. The van der Waals surface area contributed by atoms with E-state index >= 15 is 0 Å². The van der Waals surface area contributed by atoms with Crippen LogP contribution in [0.1, 0.15) is 22.3 Å². The van der Waals surface area contributed by atoms with E-state index in [-0.39, 0.29) is 0 Å². The summed E-state index contributed by atoms with van der Waals surface area (Å²) in [4.78, 5) is 0. The quantitative estimate of drug-likeness (QED) is 0.203. The van der Waals surface area contributed by atoms with Gasteiger partial charge in [-0.3, -0.25) is 0 Å². The van der Waals surface area contributed by atoms with E-state index in [9.17, 15) is 0 Å². The maximum atomic E-state index is 6.63. The van der Waals surface area contributed by atoms with Crippen molar-refractivity contribution in [3.05, 3.63) is 191 Å². The molecule has 0 nitrogen and oxygen atoms in total. The molecular weight excluding hydrogens is 528 g/mol. The van der Waals surface area contributed by atoms with E-state index in [0.29, 0.717) is 0 Å². The number of hydrogen-bond donors (Lipinski definition) is 0. The molecule has 8 rings (SSSR count). The van der Waals surface area contributed by atoms with Gasteiger partial charge in [-0.15, -0.1) is 0 Å². The molecule has 0 saturated carbocycles. The lowest BCUT2D eigenvalue weighted by Gasteiger charge is -2.34. The smallest absolute Gasteiger partial charge is 0.0713 e. The summed E-state index contributed by atoms with van der Waals surface area (Å²) in [5, 5.41) is 3.02. The Hall–Kier alpha value is -4.91. The third kappa shape index (κ3) is 3.69. The van der Waals surface area contributed by atoms with Gasteiger partial charge in [0.2, 0.25) is 0 Å². The molecule has 0 spiro atoms. The van der Waals surface area contributed by atoms with E-state index in [1.807, 2.05) is 12.1 Å². The fourth-order valence-electron chi connectivity index (χ4n) is 7.00. The zero-order chi connectivity index (χ0) is 28.1. The molecule has 0 bridgehead atoms. The van der Waals surface area contributed by atoms with Crippen molar-refractivity contribution < 1.29 is 0 Å². The van der Waals surface area contributed by atoms with Crippen LogP contribution in [0.2, 0.25) is 5.02 Å². The van der Waals surface area contributed by atoms with Gasteiger partial charge in [0.1, 0.15) is 0 Å². The molecular formula is C41H27Cl. The topological polar surface area (TPSA) is 0 Å². The van der Waals surface area contributed by atoms with Crippen LogP contribution in [0, 0.1) is 0 Å². The van der Waals surface area contributed by atoms with Crippen molar-refractivity contribution in [2.45, 2.75) is 5.41 Å². The first-order chi connectivity index (χ1) is 20.7. The number of halogens is 1. The molecule has 0 amide bonds. The third-order valence-corrected chi connectivity index (χ3v) is 9.17. The average Bonchev–Trinajstić information content (AvgIpc) is 3.36. The van der Waals surface area contributed by atoms with Gasteiger partial charge in [0, 0.05) is 10.4 Å². The van der Waals surface area contributed by atoms with Crippen LogP contribution in [0.15, 0.2) is 164 Å². The summed E-state index contributed by atoms with van der Waals surface area (Å²) < 4.78 is 0. The minimum Gasteiger partial charge on any atom is -0.0837 e. The zero-order valence-electron chi connectivity index (χ0n) is 23.0. The van der Waals surface area contributed by atoms with E-state index < -0.39 is 5.41 Å². The highest BCUT2D eigenvalue weighted by Gasteiger charge is 2.46. The molecule has 198 valence electrons. The summed E-state index contributed by atoms with van der Waals surface area (Å²) in [6, 6.07) is 59.3. The predicted octanol–water partition coefficient (Wildman–Crippen LogP) is 11.2. The van der Waals surface area contributed by atoms with E-state index in [0.717, 1.165) is 10.4 Å². The van der Waals surface area contributed by atoms with Crippen molar-refractivity contribution >= 4 is 22.4 Å². The van der Waals surface area contributed by atoms with Crippen LogP contribution in [-0.4, -0.2) is 0 Å². The van der Waals surface area contributed by atoms with Crippen molar-refractivity contribution in [3.63, 3.8) is 0 Å². The Bertz CT molecular complexity index is 2040. The SMILES string of the molecule is Clc1cccc2c(-c3ccc4c(c3)-c3cc(-c5ccccc5)ccc3C4(c3ccccc3)c3ccccc3)cccc12. The van der Waals surface area contributed by atoms with E-state index in [1.54, 1.807) is 0 Å². The fraction of sp³-hybridized carbons (Fsp3) is 0.0244. The van der Waals surface area contributed by atoms with Gasteiger partial charge < -0.3 is 0 Å². The molecule has 0 unspecified atom stereocenters. The van der Waals surface area contributed by atoms with Gasteiger partial charge in [0.05, 0.1) is 5.41 Å². The molecule has 42 heavy (non-hydrogen) atoms. The molecule has 0 radical (unpaired) electrons. The third-order valence-electron chi connectivity index (χ3n) is 8.84. The van der Waals surface area contributed by atoms with Crippen LogP contribution in [-0.2, 0) is 5.41 Å². The van der Waals surface area contributed by atoms with Gasteiger partial charge in [-0.2, -0.15) is 0 Å². The minimum atomic E-state index is -0.428. The number of fused-ring (bicyclic) bond motifs is 4. The molecule has 7 aromatic carbocycles. The number of benzene rings is 7. The molecule has 0 fully saturated rings. The van der Waals surface area contributed by atoms with Gasteiger partial charge >= 0.3 is 0 Å². The molecule has 1 aliphatic rings. The summed E-state index contributed by atoms with van der Waals surface area (Å²) in [5.74, 6) is 0. The first-order valence-electron chi connectivity index (χ1n) is 14.4. The summed E-state index contributed by atoms with van der Waals surface area (Å²) in [7, 11) is 0. The minimum absolute atomic E-state index is 0.428. The van der Waals surface area contributed by atoms with Crippen LogP contribution < -0.4 is 0 Å². The van der Waals surface area contributed by atoms with E-state index in [4.69, 9.17) is 11.6 Å². The van der Waals surface area contributed by atoms with Crippen LogP contribution >= 0.6 is 11.6 Å². The Morgan fingerprint density at radius 3 is 1.52 bits per heavy atom. The monoisotopic (exact) mass is 554 g/mol. The Morgan fingerprint density at radius 2 is 0.881 bits per heavy atom. The van der Waals surface area contributed by atoms with Gasteiger partial charge in [-0.05, 0) is 79.2 Å². The van der Waals surface area contributed by atoms with Crippen LogP contribution in [0.25, 0.3) is 44.2 Å². The first-order valence-corrected chi connectivity index (χ1v) is 14.8. The molecule has 0 atom stereocenters. The van der Waals surface area contributed by atoms with Gasteiger partial charge in [0.25, 0.3) is 0 Å². The lowest BCUT2D eigenvalue weighted by molar-refractivity contribution is 0.768. The second kappa shape index (κ2) is 9.87. The molecule has 0 heterocycles. The van der Waals surface area contributed by atoms with E-state index in [2.05, 4.69) is 152 Å². The van der Waals surface area contributed by atoms with Crippen LogP contribution in [0.4, 0.5) is 0 Å². The number of rotatable bonds is 4. The molecule has 0 aromatic heterocycles. The molecule has 1 heteroatoms. The van der Waals surface area contributed by atoms with Crippen molar-refractivity contribution in [2.24, 2.45) is 0 Å². The second-order valence-electron chi connectivity index (χ2n) is 11.0. The van der Waals surface area contributed by atoms with E-state index in [1.165, 1.54) is 61.0 Å². The molecule has 0 saturated heterocycles. The normalized spacial score (nSPS) is 13.1. The Morgan fingerprint density at radius 1 is 0.357 bits per heavy atom. The average molecular weight is 555 g/mol. The fourth-order valence-corrected chi connectivity index (χ4v) is 7.24. The molecule has 1 aliphatic carbocycles. The summed E-state index contributed by atoms with van der Waals surface area (Å²) >= 11 is 6.63. The maximum absolute atomic E-state index is 6.63. The van der Waals surface area contributed by atoms with Gasteiger partial charge in [-0.1, -0.05) is 157 Å². The van der Waals surface area contributed by atoms with Crippen molar-refractivity contribution in [3.8, 4) is 33.4 Å². The predicted molar refractivity (Wildman–Crippen MR) is 177 cm³/mol. The summed E-state index contributed by atoms with van der Waals surface area (Å²) in [6.07, 6.45) is 0. The molecule has 7 aromatic rings. The highest BCUT2D eigenvalue weighted by molar-refractivity contribution is 6.35. The molecule has 0 N–H and O–H groups in total. The van der Waals surface area contributed by atoms with Crippen molar-refractivity contribution in [1.82, 2.24) is 0 Å². The Labute approximate surface area is 251 Å². The van der Waals surface area contributed by atoms with Crippen molar-refractivity contribution in [1.29, 1.82) is 0 Å². The Kier molecular flexibility index (Phi) is 5.84. The molecule has 0 aliphatic heterocycles. The second-order valence-corrected chi connectivity index (χ2v) is 11.4. The Balaban J connectivity index is 1.46. The standard InChI is InChI=1S/C41H27Cl/c42-40-21-11-19-34-33(18-10-20-35(34)40)30-23-25-39-37(27-30)36-26-29(28-12-4-1-5-13-28)22-24-38(36)41(39,31-14-6-2-7-15-31)32-16-8-3-9-17-32/h1-27H. The van der Waals surface area contributed by atoms with Crippen molar-refractivity contribution in [2.75, 3.05) is 0 Å².